The summed E-state index contributed by atoms with van der Waals surface area (Å²) in [5.74, 6) is -0.654. The molecule has 0 atom stereocenters. The summed E-state index contributed by atoms with van der Waals surface area (Å²) in [5, 5.41) is 3.07. The molecule has 6 heteroatoms. The minimum atomic E-state index is -0.473. The van der Waals surface area contributed by atoms with Crippen molar-refractivity contribution in [1.29, 1.82) is 0 Å². The van der Waals surface area contributed by atoms with Crippen molar-refractivity contribution in [3.05, 3.63) is 95.9 Å². The van der Waals surface area contributed by atoms with Crippen molar-refractivity contribution in [3.8, 4) is 5.75 Å². The van der Waals surface area contributed by atoms with Gasteiger partial charge in [-0.25, -0.2) is 9.29 Å². The van der Waals surface area contributed by atoms with E-state index in [9.17, 15) is 14.0 Å². The first-order valence-corrected chi connectivity index (χ1v) is 9.52. The van der Waals surface area contributed by atoms with Gasteiger partial charge in [0.15, 0.2) is 0 Å². The lowest BCUT2D eigenvalue weighted by Gasteiger charge is -2.15. The zero-order chi connectivity index (χ0) is 21.1. The van der Waals surface area contributed by atoms with Gasteiger partial charge in [-0.15, -0.1) is 0 Å². The Morgan fingerprint density at radius 3 is 2.17 bits per heavy atom. The number of halogens is 1. The normalized spacial score (nSPS) is 13.7. The van der Waals surface area contributed by atoms with Crippen LogP contribution >= 0.6 is 0 Å². The van der Waals surface area contributed by atoms with Crippen LogP contribution in [0.1, 0.15) is 12.5 Å². The molecule has 30 heavy (non-hydrogen) atoms. The average molecular weight is 402 g/mol. The molecule has 0 unspecified atom stereocenters. The Hall–Kier alpha value is -3.93. The molecular formula is C24H19FN2O3. The summed E-state index contributed by atoms with van der Waals surface area (Å²) >= 11 is 0. The minimum absolute atomic E-state index is 0.139. The highest BCUT2D eigenvalue weighted by Gasteiger charge is 2.40. The van der Waals surface area contributed by atoms with Gasteiger partial charge in [0.2, 0.25) is 0 Å². The van der Waals surface area contributed by atoms with E-state index in [2.05, 4.69) is 5.32 Å². The van der Waals surface area contributed by atoms with Crippen LogP contribution in [0.15, 0.2) is 84.6 Å². The standard InChI is InChI=1S/C24H19FN2O3/c1-2-30-20-14-12-18(13-15-20)26-22-21(16-8-10-17(25)11-9-16)23(28)27(24(22)29)19-6-4-3-5-7-19/h3-15,26H,2H2,1H3. The summed E-state index contributed by atoms with van der Waals surface area (Å²) in [7, 11) is 0. The second-order valence-corrected chi connectivity index (χ2v) is 6.62. The molecule has 0 fully saturated rings. The van der Waals surface area contributed by atoms with Gasteiger partial charge >= 0.3 is 0 Å². The fraction of sp³-hybridized carbons (Fsp3) is 0.0833. The Balaban J connectivity index is 1.75. The number of ether oxygens (including phenoxy) is 1. The summed E-state index contributed by atoms with van der Waals surface area (Å²) in [6.07, 6.45) is 0. The summed E-state index contributed by atoms with van der Waals surface area (Å²) in [6.45, 7) is 2.44. The number of amides is 2. The van der Waals surface area contributed by atoms with Crippen molar-refractivity contribution < 1.29 is 18.7 Å². The molecule has 4 rings (SSSR count). The van der Waals surface area contributed by atoms with E-state index in [1.165, 1.54) is 24.3 Å². The molecule has 0 spiro atoms. The minimum Gasteiger partial charge on any atom is -0.494 e. The topological polar surface area (TPSA) is 58.6 Å². The number of rotatable bonds is 6. The van der Waals surface area contributed by atoms with Crippen molar-refractivity contribution >= 4 is 28.8 Å². The number of hydrogen-bond acceptors (Lipinski definition) is 4. The van der Waals surface area contributed by atoms with Gasteiger partial charge in [0.25, 0.3) is 11.8 Å². The Kier molecular flexibility index (Phi) is 5.30. The molecule has 0 saturated heterocycles. The molecule has 1 aliphatic rings. The fourth-order valence-electron chi connectivity index (χ4n) is 3.29. The maximum atomic E-state index is 13.4. The van der Waals surface area contributed by atoms with E-state index in [-0.39, 0.29) is 11.3 Å². The van der Waals surface area contributed by atoms with Crippen LogP contribution in [0.5, 0.6) is 5.75 Å². The van der Waals surface area contributed by atoms with E-state index in [4.69, 9.17) is 4.74 Å². The van der Waals surface area contributed by atoms with Gasteiger partial charge in [-0.2, -0.15) is 0 Å². The van der Waals surface area contributed by atoms with Crippen LogP contribution in [0.4, 0.5) is 15.8 Å². The number of nitrogens with zero attached hydrogens (tertiary/aromatic N) is 1. The van der Waals surface area contributed by atoms with E-state index in [0.29, 0.717) is 29.3 Å². The third-order valence-electron chi connectivity index (χ3n) is 4.67. The largest absolute Gasteiger partial charge is 0.494 e. The number of nitrogens with one attached hydrogen (secondary N) is 1. The molecule has 3 aromatic carbocycles. The van der Waals surface area contributed by atoms with Gasteiger partial charge in [-0.05, 0) is 61.0 Å². The molecule has 1 heterocycles. The molecule has 0 saturated carbocycles. The molecular weight excluding hydrogens is 383 g/mol. The predicted octanol–water partition coefficient (Wildman–Crippen LogP) is 4.62. The Morgan fingerprint density at radius 2 is 1.53 bits per heavy atom. The Morgan fingerprint density at radius 1 is 0.867 bits per heavy atom. The van der Waals surface area contributed by atoms with Crippen molar-refractivity contribution in [2.24, 2.45) is 0 Å². The maximum Gasteiger partial charge on any atom is 0.282 e. The van der Waals surface area contributed by atoms with Gasteiger partial charge in [0, 0.05) is 5.69 Å². The second kappa shape index (κ2) is 8.21. The second-order valence-electron chi connectivity index (χ2n) is 6.62. The molecule has 150 valence electrons. The number of hydrogen-bond donors (Lipinski definition) is 1. The Bertz CT molecular complexity index is 1110. The molecule has 1 aliphatic heterocycles. The van der Waals surface area contributed by atoms with Gasteiger partial charge in [0.1, 0.15) is 17.3 Å². The van der Waals surface area contributed by atoms with Crippen LogP contribution in [-0.4, -0.2) is 18.4 Å². The van der Waals surface area contributed by atoms with Gasteiger partial charge in [-0.3, -0.25) is 9.59 Å². The van der Waals surface area contributed by atoms with E-state index in [1.807, 2.05) is 13.0 Å². The number of para-hydroxylation sites is 1. The highest BCUT2D eigenvalue weighted by Crippen LogP contribution is 2.34. The maximum absolute atomic E-state index is 13.4. The molecule has 5 nitrogen and oxygen atoms in total. The first-order valence-electron chi connectivity index (χ1n) is 9.52. The van der Waals surface area contributed by atoms with Gasteiger partial charge < -0.3 is 10.1 Å². The van der Waals surface area contributed by atoms with Crippen molar-refractivity contribution in [3.63, 3.8) is 0 Å². The lowest BCUT2D eigenvalue weighted by atomic mass is 10.0. The summed E-state index contributed by atoms with van der Waals surface area (Å²) in [6, 6.07) is 21.3. The summed E-state index contributed by atoms with van der Waals surface area (Å²) in [5.41, 5.74) is 1.89. The molecule has 3 aromatic rings. The summed E-state index contributed by atoms with van der Waals surface area (Å²) < 4.78 is 18.9. The van der Waals surface area contributed by atoms with Gasteiger partial charge in [-0.1, -0.05) is 30.3 Å². The molecule has 0 bridgehead atoms. The van der Waals surface area contributed by atoms with Crippen LogP contribution in [0.2, 0.25) is 0 Å². The zero-order valence-electron chi connectivity index (χ0n) is 16.3. The zero-order valence-corrected chi connectivity index (χ0v) is 16.3. The average Bonchev–Trinajstić information content (AvgIpc) is 3.00. The number of imide groups is 1. The molecule has 2 amide bonds. The predicted molar refractivity (Wildman–Crippen MR) is 113 cm³/mol. The van der Waals surface area contributed by atoms with E-state index in [0.717, 1.165) is 4.90 Å². The smallest absolute Gasteiger partial charge is 0.282 e. The molecule has 0 aromatic heterocycles. The van der Waals surface area contributed by atoms with Gasteiger partial charge in [0.05, 0.1) is 17.9 Å². The summed E-state index contributed by atoms with van der Waals surface area (Å²) in [4.78, 5) is 27.6. The lowest BCUT2D eigenvalue weighted by Crippen LogP contribution is -2.32. The number of benzene rings is 3. The van der Waals surface area contributed by atoms with Crippen LogP contribution in [-0.2, 0) is 9.59 Å². The van der Waals surface area contributed by atoms with E-state index in [1.54, 1.807) is 48.5 Å². The lowest BCUT2D eigenvalue weighted by molar-refractivity contribution is -0.120. The van der Waals surface area contributed by atoms with Crippen molar-refractivity contribution in [2.75, 3.05) is 16.8 Å². The van der Waals surface area contributed by atoms with Crippen molar-refractivity contribution in [2.45, 2.75) is 6.92 Å². The highest BCUT2D eigenvalue weighted by molar-refractivity contribution is 6.46. The van der Waals surface area contributed by atoms with E-state index >= 15 is 0 Å². The van der Waals surface area contributed by atoms with Crippen molar-refractivity contribution in [1.82, 2.24) is 0 Å². The number of carbonyl (C=O) groups is 2. The first kappa shape index (κ1) is 19.4. The number of carbonyl (C=O) groups excluding carboxylic acids is 2. The monoisotopic (exact) mass is 402 g/mol. The first-order chi connectivity index (χ1) is 14.6. The SMILES string of the molecule is CCOc1ccc(NC2=C(c3ccc(F)cc3)C(=O)N(c3ccccc3)C2=O)cc1. The molecule has 1 N–H and O–H groups in total. The van der Waals surface area contributed by atoms with Crippen LogP contribution in [0, 0.1) is 5.82 Å². The Labute approximate surface area is 173 Å². The van der Waals surface area contributed by atoms with Crippen LogP contribution in [0.3, 0.4) is 0 Å². The number of anilines is 2. The quantitative estimate of drug-likeness (QED) is 0.611. The molecule has 0 radical (unpaired) electrons. The third-order valence-corrected chi connectivity index (χ3v) is 4.67. The third kappa shape index (κ3) is 3.67. The molecule has 0 aliphatic carbocycles. The van der Waals surface area contributed by atoms with E-state index < -0.39 is 17.6 Å². The fourth-order valence-corrected chi connectivity index (χ4v) is 3.29. The highest BCUT2D eigenvalue weighted by atomic mass is 19.1. The van der Waals surface area contributed by atoms with Crippen LogP contribution in [0.25, 0.3) is 5.57 Å². The van der Waals surface area contributed by atoms with Crippen LogP contribution < -0.4 is 15.0 Å².